The van der Waals surface area contributed by atoms with Crippen LogP contribution in [0, 0.1) is 11.8 Å². The summed E-state index contributed by atoms with van der Waals surface area (Å²) in [6.07, 6.45) is 2.56. The quantitative estimate of drug-likeness (QED) is 0.563. The van der Waals surface area contributed by atoms with Crippen molar-refractivity contribution in [1.29, 1.82) is 0 Å². The fourth-order valence-corrected chi connectivity index (χ4v) is 1.02. The minimum atomic E-state index is -1.07. The molecule has 0 aromatic carbocycles. The average molecular weight is 214 g/mol. The lowest BCUT2D eigenvalue weighted by Crippen LogP contribution is -2.30. The van der Waals surface area contributed by atoms with Crippen molar-refractivity contribution >= 4 is 5.97 Å². The van der Waals surface area contributed by atoms with Crippen molar-refractivity contribution in [3.63, 3.8) is 0 Å². The number of aliphatic hydroxyl groups excluding tert-OH is 1. The van der Waals surface area contributed by atoms with E-state index in [0.29, 0.717) is 5.92 Å². The number of carbonyl (C=O) groups is 1. The third kappa shape index (κ3) is 6.28. The standard InChI is InChI=1S/C12H22O3/c1-8(2)6-7-10(5)11(13)12(14)15-9(3)4/h6-11,13H,1-5H3/b7-6-/t10-,11+/m1/s1. The molecule has 0 spiro atoms. The van der Waals surface area contributed by atoms with Gasteiger partial charge in [-0.15, -0.1) is 0 Å². The number of hydrogen-bond donors (Lipinski definition) is 1. The van der Waals surface area contributed by atoms with Crippen LogP contribution in [0.25, 0.3) is 0 Å². The van der Waals surface area contributed by atoms with Gasteiger partial charge in [0.15, 0.2) is 6.10 Å². The van der Waals surface area contributed by atoms with Gasteiger partial charge >= 0.3 is 5.97 Å². The maximum Gasteiger partial charge on any atom is 0.335 e. The van der Waals surface area contributed by atoms with E-state index >= 15 is 0 Å². The van der Waals surface area contributed by atoms with Crippen LogP contribution >= 0.6 is 0 Å². The van der Waals surface area contributed by atoms with Crippen LogP contribution in [0.2, 0.25) is 0 Å². The first-order valence-corrected chi connectivity index (χ1v) is 5.41. The Balaban J connectivity index is 4.19. The van der Waals surface area contributed by atoms with Gasteiger partial charge in [0.25, 0.3) is 0 Å². The maximum absolute atomic E-state index is 11.3. The fourth-order valence-electron chi connectivity index (χ4n) is 1.02. The Morgan fingerprint density at radius 1 is 1.13 bits per heavy atom. The van der Waals surface area contributed by atoms with E-state index in [-0.39, 0.29) is 12.0 Å². The van der Waals surface area contributed by atoms with E-state index in [9.17, 15) is 9.90 Å². The molecule has 0 saturated carbocycles. The van der Waals surface area contributed by atoms with Crippen molar-refractivity contribution in [2.45, 2.75) is 46.8 Å². The van der Waals surface area contributed by atoms with Crippen molar-refractivity contribution in [2.75, 3.05) is 0 Å². The fraction of sp³-hybridized carbons (Fsp3) is 0.750. The molecule has 3 heteroatoms. The Labute approximate surface area is 92.1 Å². The molecule has 0 unspecified atom stereocenters. The molecule has 0 bridgehead atoms. The van der Waals surface area contributed by atoms with Crippen LogP contribution in [-0.2, 0) is 9.53 Å². The highest BCUT2D eigenvalue weighted by atomic mass is 16.6. The van der Waals surface area contributed by atoms with Crippen LogP contribution in [-0.4, -0.2) is 23.3 Å². The summed E-state index contributed by atoms with van der Waals surface area (Å²) in [5.41, 5.74) is 0. The van der Waals surface area contributed by atoms with E-state index in [4.69, 9.17) is 4.74 Å². The van der Waals surface area contributed by atoms with Crippen LogP contribution in [0.3, 0.4) is 0 Å². The van der Waals surface area contributed by atoms with Gasteiger partial charge in [0.05, 0.1) is 6.10 Å². The molecule has 0 radical (unpaired) electrons. The number of carbonyl (C=O) groups excluding carboxylic acids is 1. The van der Waals surface area contributed by atoms with E-state index in [1.54, 1.807) is 20.8 Å². The molecule has 0 aromatic rings. The van der Waals surface area contributed by atoms with Crippen molar-refractivity contribution in [2.24, 2.45) is 11.8 Å². The molecule has 3 nitrogen and oxygen atoms in total. The Morgan fingerprint density at radius 3 is 2.07 bits per heavy atom. The molecule has 1 N–H and O–H groups in total. The zero-order valence-electron chi connectivity index (χ0n) is 10.2. The SMILES string of the molecule is CC(C)/C=C\[C@@H](C)[C@H](O)C(=O)OC(C)C. The second-order valence-electron chi connectivity index (χ2n) is 4.42. The monoisotopic (exact) mass is 214 g/mol. The number of aliphatic hydroxyl groups is 1. The van der Waals surface area contributed by atoms with Gasteiger partial charge in [-0.05, 0) is 19.8 Å². The molecule has 0 aliphatic heterocycles. The Bertz CT molecular complexity index is 219. The summed E-state index contributed by atoms with van der Waals surface area (Å²) < 4.78 is 4.92. The summed E-state index contributed by atoms with van der Waals surface area (Å²) in [6.45, 7) is 9.41. The van der Waals surface area contributed by atoms with Crippen LogP contribution in [0.4, 0.5) is 0 Å². The first kappa shape index (κ1) is 14.2. The molecule has 0 fully saturated rings. The average Bonchev–Trinajstić information content (AvgIpc) is 2.11. The lowest BCUT2D eigenvalue weighted by molar-refractivity contribution is -0.159. The lowest BCUT2D eigenvalue weighted by atomic mass is 10.0. The smallest absolute Gasteiger partial charge is 0.335 e. The molecule has 0 aromatic heterocycles. The predicted molar refractivity (Wildman–Crippen MR) is 60.4 cm³/mol. The van der Waals surface area contributed by atoms with Gasteiger partial charge in [-0.3, -0.25) is 0 Å². The van der Waals surface area contributed by atoms with Gasteiger partial charge in [0, 0.05) is 5.92 Å². The van der Waals surface area contributed by atoms with Crippen LogP contribution < -0.4 is 0 Å². The third-order valence-corrected chi connectivity index (χ3v) is 1.89. The molecular formula is C12H22O3. The largest absolute Gasteiger partial charge is 0.461 e. The molecule has 0 heterocycles. The molecule has 15 heavy (non-hydrogen) atoms. The summed E-state index contributed by atoms with van der Waals surface area (Å²) in [5.74, 6) is -0.342. The van der Waals surface area contributed by atoms with Gasteiger partial charge in [0.1, 0.15) is 0 Å². The molecular weight excluding hydrogens is 192 g/mol. The van der Waals surface area contributed by atoms with Crippen molar-refractivity contribution in [1.82, 2.24) is 0 Å². The lowest BCUT2D eigenvalue weighted by Gasteiger charge is -2.16. The van der Waals surface area contributed by atoms with E-state index in [2.05, 4.69) is 0 Å². The number of allylic oxidation sites excluding steroid dienone is 1. The van der Waals surface area contributed by atoms with E-state index in [1.165, 1.54) is 0 Å². The third-order valence-electron chi connectivity index (χ3n) is 1.89. The molecule has 0 saturated heterocycles. The highest BCUT2D eigenvalue weighted by Crippen LogP contribution is 2.09. The van der Waals surface area contributed by atoms with Crippen molar-refractivity contribution in [3.8, 4) is 0 Å². The minimum absolute atomic E-state index is 0.187. The van der Waals surface area contributed by atoms with E-state index in [0.717, 1.165) is 0 Å². The van der Waals surface area contributed by atoms with Crippen LogP contribution in [0.1, 0.15) is 34.6 Å². The summed E-state index contributed by atoms with van der Waals surface area (Å²) >= 11 is 0. The number of ether oxygens (including phenoxy) is 1. The van der Waals surface area contributed by atoms with Gasteiger partial charge in [-0.25, -0.2) is 4.79 Å². The molecule has 0 aliphatic carbocycles. The topological polar surface area (TPSA) is 46.5 Å². The number of rotatable bonds is 5. The van der Waals surface area contributed by atoms with Gasteiger partial charge < -0.3 is 9.84 Å². The normalized spacial score (nSPS) is 16.0. The zero-order valence-corrected chi connectivity index (χ0v) is 10.2. The van der Waals surface area contributed by atoms with Crippen LogP contribution in [0.15, 0.2) is 12.2 Å². The van der Waals surface area contributed by atoms with Gasteiger partial charge in [-0.1, -0.05) is 32.9 Å². The van der Waals surface area contributed by atoms with Gasteiger partial charge in [0.2, 0.25) is 0 Å². The second kappa shape index (κ2) is 6.62. The van der Waals surface area contributed by atoms with Crippen molar-refractivity contribution < 1.29 is 14.6 Å². The Kier molecular flexibility index (Phi) is 6.25. The molecule has 0 aliphatic rings. The summed E-state index contributed by atoms with van der Waals surface area (Å²) in [6, 6.07) is 0. The summed E-state index contributed by atoms with van der Waals surface area (Å²) in [5, 5.41) is 9.62. The van der Waals surface area contributed by atoms with Crippen molar-refractivity contribution in [3.05, 3.63) is 12.2 Å². The Hall–Kier alpha value is -0.830. The zero-order chi connectivity index (χ0) is 12.0. The van der Waals surface area contributed by atoms with E-state index < -0.39 is 12.1 Å². The molecule has 2 atom stereocenters. The number of esters is 1. The highest BCUT2D eigenvalue weighted by Gasteiger charge is 2.22. The second-order valence-corrected chi connectivity index (χ2v) is 4.42. The van der Waals surface area contributed by atoms with E-state index in [1.807, 2.05) is 26.0 Å². The first-order chi connectivity index (χ1) is 6.84. The molecule has 0 rings (SSSR count). The van der Waals surface area contributed by atoms with Crippen LogP contribution in [0.5, 0.6) is 0 Å². The highest BCUT2D eigenvalue weighted by molar-refractivity contribution is 5.75. The summed E-state index contributed by atoms with van der Waals surface area (Å²) in [7, 11) is 0. The van der Waals surface area contributed by atoms with Gasteiger partial charge in [-0.2, -0.15) is 0 Å². The Morgan fingerprint density at radius 2 is 1.67 bits per heavy atom. The predicted octanol–water partition coefficient (Wildman–Crippen LogP) is 2.15. The first-order valence-electron chi connectivity index (χ1n) is 5.41. The maximum atomic E-state index is 11.3. The molecule has 88 valence electrons. The minimum Gasteiger partial charge on any atom is -0.461 e. The summed E-state index contributed by atoms with van der Waals surface area (Å²) in [4.78, 5) is 11.3. The molecule has 0 amide bonds. The number of hydrogen-bond acceptors (Lipinski definition) is 3.